The molecule has 1 aliphatic heterocycles. The zero-order chi connectivity index (χ0) is 18.5. The molecule has 2 heterocycles. The molecule has 9 heteroatoms. The van der Waals surface area contributed by atoms with Crippen molar-refractivity contribution in [1.29, 1.82) is 0 Å². The molecular formula is C17H21N5O4. The Kier molecular flexibility index (Phi) is 5.47. The molecule has 9 nitrogen and oxygen atoms in total. The van der Waals surface area contributed by atoms with Crippen LogP contribution < -0.4 is 21.5 Å². The number of aromatic nitrogens is 2. The van der Waals surface area contributed by atoms with Gasteiger partial charge in [-0.05, 0) is 12.1 Å². The van der Waals surface area contributed by atoms with Crippen LogP contribution >= 0.6 is 0 Å². The predicted octanol–water partition coefficient (Wildman–Crippen LogP) is -0.775. The van der Waals surface area contributed by atoms with Gasteiger partial charge in [0.2, 0.25) is 11.8 Å². The van der Waals surface area contributed by atoms with Gasteiger partial charge in [0.1, 0.15) is 0 Å². The first-order valence-corrected chi connectivity index (χ1v) is 8.43. The minimum Gasteiger partial charge on any atom is -0.378 e. The summed E-state index contributed by atoms with van der Waals surface area (Å²) < 4.78 is 6.89. The Balaban J connectivity index is 1.89. The number of fused-ring (bicyclic) bond motifs is 1. The summed E-state index contributed by atoms with van der Waals surface area (Å²) in [5.41, 5.74) is 6.12. The van der Waals surface area contributed by atoms with E-state index < -0.39 is 5.91 Å². The molecule has 0 atom stereocenters. The molecule has 1 aliphatic rings. The van der Waals surface area contributed by atoms with Crippen LogP contribution in [0.5, 0.6) is 0 Å². The molecule has 0 spiro atoms. The Morgan fingerprint density at radius 3 is 2.69 bits per heavy atom. The molecule has 0 aliphatic carbocycles. The Morgan fingerprint density at radius 1 is 1.23 bits per heavy atom. The number of aryl methyl sites for hydroxylation is 1. The highest BCUT2D eigenvalue weighted by molar-refractivity contribution is 5.83. The van der Waals surface area contributed by atoms with E-state index in [0.29, 0.717) is 43.2 Å². The van der Waals surface area contributed by atoms with Gasteiger partial charge in [-0.25, -0.2) is 4.98 Å². The molecule has 3 N–H and O–H groups in total. The highest BCUT2D eigenvalue weighted by Crippen LogP contribution is 2.15. The van der Waals surface area contributed by atoms with Gasteiger partial charge >= 0.3 is 0 Å². The van der Waals surface area contributed by atoms with Crippen molar-refractivity contribution in [3.63, 3.8) is 0 Å². The highest BCUT2D eigenvalue weighted by atomic mass is 16.5. The number of nitrogens with two attached hydrogens (primary N) is 1. The van der Waals surface area contributed by atoms with E-state index in [1.54, 1.807) is 10.6 Å². The van der Waals surface area contributed by atoms with E-state index in [9.17, 15) is 14.4 Å². The molecule has 1 saturated heterocycles. The number of morpholine rings is 1. The van der Waals surface area contributed by atoms with Crippen molar-refractivity contribution in [2.24, 2.45) is 5.73 Å². The number of nitrogens with zero attached hydrogens (tertiary/aromatic N) is 3. The second kappa shape index (κ2) is 7.96. The van der Waals surface area contributed by atoms with Crippen LogP contribution in [0.4, 0.5) is 5.82 Å². The molecule has 0 unspecified atom stereocenters. The third-order valence-corrected chi connectivity index (χ3v) is 4.17. The van der Waals surface area contributed by atoms with Crippen LogP contribution in [0, 0.1) is 0 Å². The molecule has 1 fully saturated rings. The van der Waals surface area contributed by atoms with Crippen LogP contribution in [-0.4, -0.2) is 54.2 Å². The maximum Gasteiger partial charge on any atom is 0.294 e. The molecule has 2 aromatic rings. The lowest BCUT2D eigenvalue weighted by atomic mass is 10.2. The maximum absolute atomic E-state index is 13.0. The minimum atomic E-state index is -0.612. The normalized spacial score (nSPS) is 14.4. The number of primary amides is 1. The summed E-state index contributed by atoms with van der Waals surface area (Å²) in [5, 5.41) is 2.43. The summed E-state index contributed by atoms with van der Waals surface area (Å²) in [4.78, 5) is 42.0. The number of hydrogen-bond donors (Lipinski definition) is 2. The molecule has 0 radical (unpaired) electrons. The maximum atomic E-state index is 13.0. The van der Waals surface area contributed by atoms with E-state index in [4.69, 9.17) is 10.5 Å². The molecule has 1 aromatic carbocycles. The number of nitrogens with one attached hydrogen (secondary N) is 1. The van der Waals surface area contributed by atoms with Gasteiger partial charge in [-0.15, -0.1) is 0 Å². The first kappa shape index (κ1) is 17.9. The van der Waals surface area contributed by atoms with Crippen LogP contribution in [-0.2, 0) is 20.9 Å². The number of anilines is 1. The number of amides is 2. The first-order valence-electron chi connectivity index (χ1n) is 8.43. The number of para-hydroxylation sites is 2. The fraction of sp³-hybridized carbons (Fsp3) is 0.412. The molecule has 26 heavy (non-hydrogen) atoms. The average molecular weight is 359 g/mol. The molecule has 1 aromatic heterocycles. The second-order valence-electron chi connectivity index (χ2n) is 5.97. The molecule has 0 saturated carbocycles. The third-order valence-electron chi connectivity index (χ3n) is 4.17. The summed E-state index contributed by atoms with van der Waals surface area (Å²) in [5.74, 6) is -0.589. The summed E-state index contributed by atoms with van der Waals surface area (Å²) in [6, 6.07) is 7.31. The van der Waals surface area contributed by atoms with Crippen molar-refractivity contribution in [1.82, 2.24) is 14.9 Å². The monoisotopic (exact) mass is 359 g/mol. The van der Waals surface area contributed by atoms with Crippen LogP contribution in [0.1, 0.15) is 6.42 Å². The van der Waals surface area contributed by atoms with Crippen molar-refractivity contribution in [3.05, 3.63) is 34.6 Å². The van der Waals surface area contributed by atoms with E-state index in [1.807, 2.05) is 23.1 Å². The quantitative estimate of drug-likeness (QED) is 0.699. The van der Waals surface area contributed by atoms with Crippen LogP contribution in [0.2, 0.25) is 0 Å². The van der Waals surface area contributed by atoms with E-state index in [-0.39, 0.29) is 31.0 Å². The van der Waals surface area contributed by atoms with Crippen molar-refractivity contribution < 1.29 is 14.3 Å². The Hall–Kier alpha value is -2.94. The minimum absolute atomic E-state index is 0.0593. The van der Waals surface area contributed by atoms with Crippen molar-refractivity contribution >= 4 is 28.7 Å². The van der Waals surface area contributed by atoms with E-state index in [0.717, 1.165) is 0 Å². The third kappa shape index (κ3) is 3.99. The lowest BCUT2D eigenvalue weighted by Crippen LogP contribution is -2.41. The number of rotatable bonds is 6. The summed E-state index contributed by atoms with van der Waals surface area (Å²) >= 11 is 0. The SMILES string of the molecule is NC(=O)CNC(=O)CCn1c(=O)c(N2CCOCC2)nc2ccccc21. The lowest BCUT2D eigenvalue weighted by Gasteiger charge is -2.28. The lowest BCUT2D eigenvalue weighted by molar-refractivity contribution is -0.124. The topological polar surface area (TPSA) is 120 Å². The Bertz CT molecular complexity index is 873. The van der Waals surface area contributed by atoms with E-state index >= 15 is 0 Å². The highest BCUT2D eigenvalue weighted by Gasteiger charge is 2.19. The first-order chi connectivity index (χ1) is 12.6. The zero-order valence-electron chi connectivity index (χ0n) is 14.3. The van der Waals surface area contributed by atoms with Crippen LogP contribution in [0.25, 0.3) is 11.0 Å². The van der Waals surface area contributed by atoms with Gasteiger partial charge in [0.15, 0.2) is 5.82 Å². The number of ether oxygens (including phenoxy) is 1. The van der Waals surface area contributed by atoms with Gasteiger partial charge in [-0.1, -0.05) is 12.1 Å². The zero-order valence-corrected chi connectivity index (χ0v) is 14.3. The van der Waals surface area contributed by atoms with E-state index in [1.165, 1.54) is 0 Å². The number of carbonyl (C=O) groups excluding carboxylic acids is 2. The van der Waals surface area contributed by atoms with Crippen molar-refractivity contribution in [2.75, 3.05) is 37.7 Å². The van der Waals surface area contributed by atoms with E-state index in [2.05, 4.69) is 10.3 Å². The van der Waals surface area contributed by atoms with Crippen molar-refractivity contribution in [2.45, 2.75) is 13.0 Å². The Labute approximate surface area is 149 Å². The molecule has 3 rings (SSSR count). The molecular weight excluding hydrogens is 338 g/mol. The van der Waals surface area contributed by atoms with Gasteiger partial charge in [0.25, 0.3) is 5.56 Å². The summed E-state index contributed by atoms with van der Waals surface area (Å²) in [6.07, 6.45) is 0.0593. The number of hydrogen-bond acceptors (Lipinski definition) is 6. The predicted molar refractivity (Wildman–Crippen MR) is 95.9 cm³/mol. The fourth-order valence-corrected chi connectivity index (χ4v) is 2.87. The summed E-state index contributed by atoms with van der Waals surface area (Å²) in [6.45, 7) is 2.25. The van der Waals surface area contributed by atoms with Gasteiger partial charge in [-0.2, -0.15) is 0 Å². The fourth-order valence-electron chi connectivity index (χ4n) is 2.87. The average Bonchev–Trinajstić information content (AvgIpc) is 2.66. The van der Waals surface area contributed by atoms with Gasteiger partial charge in [0, 0.05) is 26.1 Å². The number of benzene rings is 1. The van der Waals surface area contributed by atoms with Crippen LogP contribution in [0.15, 0.2) is 29.1 Å². The van der Waals surface area contributed by atoms with Gasteiger partial charge in [0.05, 0.1) is 30.8 Å². The molecule has 2 amide bonds. The Morgan fingerprint density at radius 2 is 1.96 bits per heavy atom. The smallest absolute Gasteiger partial charge is 0.294 e. The standard InChI is InChI=1S/C17H21N5O4/c18-14(23)11-19-15(24)5-6-22-13-4-2-1-3-12(13)20-16(17(22)25)21-7-9-26-10-8-21/h1-4H,5-11H2,(H2,18,23)(H,19,24). The second-order valence-corrected chi connectivity index (χ2v) is 5.97. The largest absolute Gasteiger partial charge is 0.378 e. The van der Waals surface area contributed by atoms with Crippen molar-refractivity contribution in [3.8, 4) is 0 Å². The molecule has 138 valence electrons. The van der Waals surface area contributed by atoms with Gasteiger partial charge in [-0.3, -0.25) is 14.4 Å². The summed E-state index contributed by atoms with van der Waals surface area (Å²) in [7, 11) is 0. The van der Waals surface area contributed by atoms with Gasteiger partial charge < -0.3 is 25.3 Å². The molecule has 0 bridgehead atoms. The van der Waals surface area contributed by atoms with Crippen LogP contribution in [0.3, 0.4) is 0 Å². The number of carbonyl (C=O) groups is 2.